The van der Waals surface area contributed by atoms with E-state index in [4.69, 9.17) is 4.98 Å². The maximum atomic E-state index is 5.01. The molecule has 0 radical (unpaired) electrons. The van der Waals surface area contributed by atoms with Crippen molar-refractivity contribution in [3.05, 3.63) is 103 Å². The number of para-hydroxylation sites is 2. The molecule has 6 aromatic rings. The van der Waals surface area contributed by atoms with Crippen LogP contribution < -0.4 is 0 Å². The van der Waals surface area contributed by atoms with Gasteiger partial charge in [0.15, 0.2) is 0 Å². The second-order valence-corrected chi connectivity index (χ2v) is 7.45. The SMILES string of the molecule is c1ccc(-c2cc(-c3ccccn3)nc(-c3cccc4c3[nH]c3ccccc34)c2)nc1. The van der Waals surface area contributed by atoms with Crippen LogP contribution in [0.15, 0.2) is 103 Å². The fourth-order valence-electron chi connectivity index (χ4n) is 4.08. The average molecular weight is 398 g/mol. The highest BCUT2D eigenvalue weighted by Gasteiger charge is 2.14. The van der Waals surface area contributed by atoms with Crippen LogP contribution in [0, 0.1) is 0 Å². The number of fused-ring (bicyclic) bond motifs is 3. The molecule has 0 spiro atoms. The minimum Gasteiger partial charge on any atom is -0.354 e. The van der Waals surface area contributed by atoms with Gasteiger partial charge in [-0.05, 0) is 42.5 Å². The van der Waals surface area contributed by atoms with Crippen molar-refractivity contribution in [3.63, 3.8) is 0 Å². The fraction of sp³-hybridized carbons (Fsp3) is 0. The van der Waals surface area contributed by atoms with Crippen molar-refractivity contribution >= 4 is 21.8 Å². The quantitative estimate of drug-likeness (QED) is 0.370. The molecule has 0 aliphatic carbocycles. The lowest BCUT2D eigenvalue weighted by atomic mass is 10.0. The van der Waals surface area contributed by atoms with Gasteiger partial charge in [0.1, 0.15) is 0 Å². The number of pyridine rings is 3. The highest BCUT2D eigenvalue weighted by atomic mass is 14.8. The number of H-pyrrole nitrogens is 1. The van der Waals surface area contributed by atoms with Crippen LogP contribution in [0.4, 0.5) is 0 Å². The third-order valence-electron chi connectivity index (χ3n) is 5.53. The Morgan fingerprint density at radius 3 is 2.06 bits per heavy atom. The fourth-order valence-corrected chi connectivity index (χ4v) is 4.08. The zero-order valence-corrected chi connectivity index (χ0v) is 16.7. The molecule has 6 rings (SSSR count). The highest BCUT2D eigenvalue weighted by molar-refractivity contribution is 6.11. The molecule has 0 atom stereocenters. The lowest BCUT2D eigenvalue weighted by Gasteiger charge is -2.10. The van der Waals surface area contributed by atoms with E-state index >= 15 is 0 Å². The van der Waals surface area contributed by atoms with E-state index in [1.807, 2.05) is 42.6 Å². The average Bonchev–Trinajstić information content (AvgIpc) is 3.24. The largest absolute Gasteiger partial charge is 0.354 e. The number of hydrogen-bond donors (Lipinski definition) is 1. The lowest BCUT2D eigenvalue weighted by Crippen LogP contribution is -1.94. The summed E-state index contributed by atoms with van der Waals surface area (Å²) in [5.41, 5.74) is 7.74. The summed E-state index contributed by atoms with van der Waals surface area (Å²) in [6.07, 6.45) is 3.61. The van der Waals surface area contributed by atoms with Crippen molar-refractivity contribution < 1.29 is 0 Å². The Morgan fingerprint density at radius 1 is 0.548 bits per heavy atom. The summed E-state index contributed by atoms with van der Waals surface area (Å²) in [6.45, 7) is 0. The molecule has 1 N–H and O–H groups in total. The number of aromatic nitrogens is 4. The van der Waals surface area contributed by atoms with Crippen molar-refractivity contribution in [1.82, 2.24) is 19.9 Å². The van der Waals surface area contributed by atoms with Gasteiger partial charge in [-0.25, -0.2) is 4.98 Å². The van der Waals surface area contributed by atoms with E-state index < -0.39 is 0 Å². The van der Waals surface area contributed by atoms with E-state index in [2.05, 4.69) is 69.5 Å². The number of benzene rings is 2. The van der Waals surface area contributed by atoms with E-state index in [1.54, 1.807) is 6.20 Å². The number of nitrogens with zero attached hydrogens (tertiary/aromatic N) is 3. The maximum Gasteiger partial charge on any atom is 0.0900 e. The van der Waals surface area contributed by atoms with Crippen LogP contribution in [-0.2, 0) is 0 Å². The standard InChI is InChI=1S/C27H18N4/c1-2-12-23-19(8-1)20-9-7-10-21(27(20)31-23)25-16-18(22-11-3-5-14-28-22)17-26(30-25)24-13-4-6-15-29-24/h1-17,31H. The second-order valence-electron chi connectivity index (χ2n) is 7.45. The van der Waals surface area contributed by atoms with Gasteiger partial charge in [-0.3, -0.25) is 9.97 Å². The molecule has 2 aromatic carbocycles. The Kier molecular flexibility index (Phi) is 4.06. The predicted molar refractivity (Wildman–Crippen MR) is 125 cm³/mol. The smallest absolute Gasteiger partial charge is 0.0900 e. The van der Waals surface area contributed by atoms with Crippen LogP contribution in [0.3, 0.4) is 0 Å². The van der Waals surface area contributed by atoms with E-state index in [9.17, 15) is 0 Å². The summed E-state index contributed by atoms with van der Waals surface area (Å²) in [4.78, 5) is 17.7. The third kappa shape index (κ3) is 3.06. The lowest BCUT2D eigenvalue weighted by molar-refractivity contribution is 1.24. The van der Waals surface area contributed by atoms with Gasteiger partial charge in [-0.1, -0.05) is 48.5 Å². The molecule has 0 amide bonds. The molecule has 0 fully saturated rings. The van der Waals surface area contributed by atoms with Gasteiger partial charge in [0.05, 0.1) is 28.3 Å². The van der Waals surface area contributed by atoms with Gasteiger partial charge in [0, 0.05) is 39.8 Å². The van der Waals surface area contributed by atoms with Crippen molar-refractivity contribution in [3.8, 4) is 33.9 Å². The Hall–Kier alpha value is -4.31. The van der Waals surface area contributed by atoms with Crippen molar-refractivity contribution in [2.75, 3.05) is 0 Å². The van der Waals surface area contributed by atoms with Gasteiger partial charge in [0.2, 0.25) is 0 Å². The molecular weight excluding hydrogens is 380 g/mol. The Morgan fingerprint density at radius 2 is 1.26 bits per heavy atom. The number of aromatic amines is 1. The third-order valence-corrected chi connectivity index (χ3v) is 5.53. The first-order valence-electron chi connectivity index (χ1n) is 10.2. The minimum atomic E-state index is 0.826. The zero-order valence-electron chi connectivity index (χ0n) is 16.7. The van der Waals surface area contributed by atoms with E-state index in [0.29, 0.717) is 0 Å². The van der Waals surface area contributed by atoms with Crippen LogP contribution in [0.1, 0.15) is 0 Å². The van der Waals surface area contributed by atoms with Gasteiger partial charge >= 0.3 is 0 Å². The van der Waals surface area contributed by atoms with Crippen LogP contribution in [0.5, 0.6) is 0 Å². The highest BCUT2D eigenvalue weighted by Crippen LogP contribution is 2.35. The molecular formula is C27H18N4. The Balaban J connectivity index is 1.63. The topological polar surface area (TPSA) is 54.5 Å². The molecule has 4 heteroatoms. The van der Waals surface area contributed by atoms with Crippen molar-refractivity contribution in [2.45, 2.75) is 0 Å². The summed E-state index contributed by atoms with van der Waals surface area (Å²) >= 11 is 0. The van der Waals surface area contributed by atoms with Crippen molar-refractivity contribution in [1.29, 1.82) is 0 Å². The van der Waals surface area contributed by atoms with Crippen LogP contribution in [0.25, 0.3) is 55.7 Å². The monoisotopic (exact) mass is 398 g/mol. The summed E-state index contributed by atoms with van der Waals surface area (Å²) in [5.74, 6) is 0. The van der Waals surface area contributed by atoms with Gasteiger partial charge in [-0.2, -0.15) is 0 Å². The molecule has 0 bridgehead atoms. The molecule has 146 valence electrons. The number of rotatable bonds is 3. The molecule has 0 saturated carbocycles. The van der Waals surface area contributed by atoms with E-state index in [0.717, 1.165) is 44.9 Å². The molecule has 0 unspecified atom stereocenters. The summed E-state index contributed by atoms with van der Waals surface area (Å²) in [6, 6.07) is 30.7. The molecule has 0 aliphatic heterocycles. The molecule has 4 aromatic heterocycles. The summed E-state index contributed by atoms with van der Waals surface area (Å²) in [5, 5.41) is 2.41. The van der Waals surface area contributed by atoms with E-state index in [-0.39, 0.29) is 0 Å². The maximum absolute atomic E-state index is 5.01. The summed E-state index contributed by atoms with van der Waals surface area (Å²) in [7, 11) is 0. The van der Waals surface area contributed by atoms with Crippen LogP contribution >= 0.6 is 0 Å². The first-order valence-corrected chi connectivity index (χ1v) is 10.2. The van der Waals surface area contributed by atoms with Crippen LogP contribution in [-0.4, -0.2) is 19.9 Å². The normalized spacial score (nSPS) is 11.2. The Bertz CT molecular complexity index is 1460. The van der Waals surface area contributed by atoms with Gasteiger partial charge in [0.25, 0.3) is 0 Å². The minimum absolute atomic E-state index is 0.826. The van der Waals surface area contributed by atoms with E-state index in [1.165, 1.54) is 10.8 Å². The Labute approximate surface area is 179 Å². The van der Waals surface area contributed by atoms with Crippen molar-refractivity contribution in [2.24, 2.45) is 0 Å². The molecule has 0 saturated heterocycles. The van der Waals surface area contributed by atoms with Crippen LogP contribution in [0.2, 0.25) is 0 Å². The first kappa shape index (κ1) is 17.5. The molecule has 4 nitrogen and oxygen atoms in total. The van der Waals surface area contributed by atoms with Gasteiger partial charge in [-0.15, -0.1) is 0 Å². The number of nitrogens with one attached hydrogen (secondary N) is 1. The molecule has 0 aliphatic rings. The first-order chi connectivity index (χ1) is 15.4. The predicted octanol–water partition coefficient (Wildman–Crippen LogP) is 6.51. The zero-order chi connectivity index (χ0) is 20.6. The summed E-state index contributed by atoms with van der Waals surface area (Å²) < 4.78 is 0. The molecule has 4 heterocycles. The molecule has 31 heavy (non-hydrogen) atoms. The second kappa shape index (κ2) is 7.18. The number of hydrogen-bond acceptors (Lipinski definition) is 3. The van der Waals surface area contributed by atoms with Gasteiger partial charge < -0.3 is 4.98 Å².